The zero-order chi connectivity index (χ0) is 12.4. The highest BCUT2D eigenvalue weighted by Crippen LogP contribution is 2.33. The van der Waals surface area contributed by atoms with E-state index in [9.17, 15) is 4.79 Å². The van der Waals surface area contributed by atoms with Crippen LogP contribution in [0.5, 0.6) is 0 Å². The molecule has 1 aromatic heterocycles. The number of aromatic nitrogens is 2. The van der Waals surface area contributed by atoms with Crippen molar-refractivity contribution in [1.82, 2.24) is 10.2 Å². The molecule has 2 unspecified atom stereocenters. The summed E-state index contributed by atoms with van der Waals surface area (Å²) in [6, 6.07) is 1.60. The number of rotatable bonds is 3. The third-order valence-corrected chi connectivity index (χ3v) is 4.65. The molecule has 2 atom stereocenters. The van der Waals surface area contributed by atoms with E-state index < -0.39 is 0 Å². The van der Waals surface area contributed by atoms with Crippen LogP contribution in [-0.4, -0.2) is 15.4 Å². The van der Waals surface area contributed by atoms with Crippen molar-refractivity contribution in [3.05, 3.63) is 44.9 Å². The summed E-state index contributed by atoms with van der Waals surface area (Å²) in [7, 11) is 0. The molecule has 0 saturated carbocycles. The van der Waals surface area contributed by atoms with Gasteiger partial charge in [0.25, 0.3) is 5.56 Å². The van der Waals surface area contributed by atoms with E-state index in [0.29, 0.717) is 11.2 Å². The molecule has 17 heavy (non-hydrogen) atoms. The summed E-state index contributed by atoms with van der Waals surface area (Å²) in [5, 5.41) is 6.66. The van der Waals surface area contributed by atoms with Crippen molar-refractivity contribution in [2.75, 3.05) is 0 Å². The second-order valence-corrected chi connectivity index (χ2v) is 5.86. The van der Waals surface area contributed by atoms with Crippen molar-refractivity contribution in [3.8, 4) is 0 Å². The Kier molecular flexibility index (Phi) is 3.84. The Labute approximate surface area is 109 Å². The number of halogens is 1. The molecule has 0 spiro atoms. The molecule has 0 saturated heterocycles. The topological polar surface area (TPSA) is 48.6 Å². The van der Waals surface area contributed by atoms with Crippen molar-refractivity contribution >= 4 is 23.4 Å². The molecule has 1 aliphatic carbocycles. The first kappa shape index (κ1) is 12.6. The number of hydrogen-bond donors (Lipinski definition) is 2. The summed E-state index contributed by atoms with van der Waals surface area (Å²) in [6.45, 7) is 4.18. The lowest BCUT2D eigenvalue weighted by molar-refractivity contribution is 0.743. The first-order valence-electron chi connectivity index (χ1n) is 5.50. The minimum Gasteiger partial charge on any atom is -0.301 e. The first-order valence-corrected chi connectivity index (χ1v) is 6.93. The molecule has 0 aliphatic heterocycles. The Morgan fingerprint density at radius 3 is 2.82 bits per heavy atom. The van der Waals surface area contributed by atoms with E-state index in [1.807, 2.05) is 18.7 Å². The van der Waals surface area contributed by atoms with E-state index in [1.165, 1.54) is 0 Å². The van der Waals surface area contributed by atoms with E-state index in [4.69, 9.17) is 11.6 Å². The zero-order valence-corrected chi connectivity index (χ0v) is 11.4. The number of hydrogen-bond acceptors (Lipinski definition) is 2. The Morgan fingerprint density at radius 1 is 1.41 bits per heavy atom. The molecule has 2 rings (SSSR count). The predicted octanol–water partition coefficient (Wildman–Crippen LogP) is 3.02. The molecule has 3 nitrogen and oxygen atoms in total. The van der Waals surface area contributed by atoms with Crippen LogP contribution in [0.4, 0.5) is 0 Å². The van der Waals surface area contributed by atoms with Gasteiger partial charge in [0.2, 0.25) is 0 Å². The SMILES string of the molecule is CC1=CC(SCc2cc(=O)[nH][nH]2)C(C)C=C1Cl. The van der Waals surface area contributed by atoms with Crippen LogP contribution in [0.1, 0.15) is 19.5 Å². The van der Waals surface area contributed by atoms with Crippen molar-refractivity contribution < 1.29 is 0 Å². The van der Waals surface area contributed by atoms with Gasteiger partial charge >= 0.3 is 0 Å². The first-order chi connectivity index (χ1) is 8.06. The molecule has 2 N–H and O–H groups in total. The van der Waals surface area contributed by atoms with E-state index in [-0.39, 0.29) is 5.56 Å². The van der Waals surface area contributed by atoms with Crippen LogP contribution in [0.3, 0.4) is 0 Å². The predicted molar refractivity (Wildman–Crippen MR) is 73.4 cm³/mol. The van der Waals surface area contributed by atoms with Crippen LogP contribution in [0.25, 0.3) is 0 Å². The lowest BCUT2D eigenvalue weighted by atomic mass is 9.98. The minimum absolute atomic E-state index is 0.0769. The summed E-state index contributed by atoms with van der Waals surface area (Å²) < 4.78 is 0. The summed E-state index contributed by atoms with van der Waals surface area (Å²) in [4.78, 5) is 11.0. The third-order valence-electron chi connectivity index (χ3n) is 2.80. The number of thioether (sulfide) groups is 1. The zero-order valence-electron chi connectivity index (χ0n) is 9.79. The summed E-state index contributed by atoms with van der Waals surface area (Å²) in [5.41, 5.74) is 1.98. The maximum Gasteiger partial charge on any atom is 0.264 e. The van der Waals surface area contributed by atoms with Gasteiger partial charge in [0.1, 0.15) is 0 Å². The average Bonchev–Trinajstić information content (AvgIpc) is 2.68. The standard InChI is InChI=1S/C12H15ClN2OS/c1-7-4-11(8(2)3-10(7)13)17-6-9-5-12(16)15-14-9/h3-5,8,11H,6H2,1-2H3,(H2,14,15,16). The average molecular weight is 271 g/mol. The number of aromatic amines is 2. The molecule has 0 fully saturated rings. The largest absolute Gasteiger partial charge is 0.301 e. The molecule has 1 aromatic rings. The van der Waals surface area contributed by atoms with E-state index >= 15 is 0 Å². The van der Waals surface area contributed by atoms with Gasteiger partial charge in [-0.1, -0.05) is 30.7 Å². The van der Waals surface area contributed by atoms with Crippen LogP contribution in [0.15, 0.2) is 33.6 Å². The quantitative estimate of drug-likeness (QED) is 0.887. The highest BCUT2D eigenvalue weighted by atomic mass is 35.5. The van der Waals surface area contributed by atoms with Gasteiger partial charge in [-0.25, -0.2) is 0 Å². The number of H-pyrrole nitrogens is 2. The van der Waals surface area contributed by atoms with Crippen LogP contribution < -0.4 is 5.56 Å². The molecular weight excluding hydrogens is 256 g/mol. The second-order valence-electron chi connectivity index (χ2n) is 4.28. The van der Waals surface area contributed by atoms with Crippen molar-refractivity contribution in [2.45, 2.75) is 24.9 Å². The van der Waals surface area contributed by atoms with E-state index in [0.717, 1.165) is 22.1 Å². The Bertz CT molecular complexity index is 515. The van der Waals surface area contributed by atoms with Crippen LogP contribution in [0, 0.1) is 5.92 Å². The van der Waals surface area contributed by atoms with E-state index in [1.54, 1.807) is 6.07 Å². The van der Waals surface area contributed by atoms with Gasteiger partial charge < -0.3 is 5.10 Å². The Balaban J connectivity index is 1.98. The summed E-state index contributed by atoms with van der Waals surface area (Å²) in [5.74, 6) is 1.21. The highest BCUT2D eigenvalue weighted by molar-refractivity contribution is 7.99. The van der Waals surface area contributed by atoms with Crippen LogP contribution >= 0.6 is 23.4 Å². The smallest absolute Gasteiger partial charge is 0.264 e. The van der Waals surface area contributed by atoms with Crippen molar-refractivity contribution in [2.24, 2.45) is 5.92 Å². The van der Waals surface area contributed by atoms with Crippen molar-refractivity contribution in [1.29, 1.82) is 0 Å². The number of allylic oxidation sites excluding steroid dienone is 3. The lowest BCUT2D eigenvalue weighted by Gasteiger charge is -2.23. The van der Waals surface area contributed by atoms with Crippen LogP contribution in [0.2, 0.25) is 0 Å². The fourth-order valence-electron chi connectivity index (χ4n) is 1.77. The fraction of sp³-hybridized carbons (Fsp3) is 0.417. The molecular formula is C12H15ClN2OS. The maximum atomic E-state index is 11.0. The van der Waals surface area contributed by atoms with Crippen molar-refractivity contribution in [3.63, 3.8) is 0 Å². The van der Waals surface area contributed by atoms with Crippen LogP contribution in [-0.2, 0) is 5.75 Å². The van der Waals surface area contributed by atoms with Gasteiger partial charge in [-0.3, -0.25) is 9.89 Å². The molecule has 1 aliphatic rings. The molecule has 5 heteroatoms. The minimum atomic E-state index is -0.0769. The molecule has 1 heterocycles. The molecule has 0 amide bonds. The fourth-order valence-corrected chi connectivity index (χ4v) is 3.24. The second kappa shape index (κ2) is 5.19. The molecule has 92 valence electrons. The monoisotopic (exact) mass is 270 g/mol. The Hall–Kier alpha value is -0.870. The number of nitrogens with one attached hydrogen (secondary N) is 2. The molecule has 0 bridgehead atoms. The van der Waals surface area contributed by atoms with Gasteiger partial charge in [-0.05, 0) is 18.4 Å². The third kappa shape index (κ3) is 3.07. The molecule has 0 radical (unpaired) electrons. The van der Waals surface area contributed by atoms with Gasteiger partial charge in [0.15, 0.2) is 0 Å². The normalized spacial score (nSPS) is 24.4. The van der Waals surface area contributed by atoms with Gasteiger partial charge in [-0.15, -0.1) is 11.8 Å². The van der Waals surface area contributed by atoms with Gasteiger partial charge in [0, 0.05) is 27.8 Å². The van der Waals surface area contributed by atoms with Gasteiger partial charge in [-0.2, -0.15) is 0 Å². The maximum absolute atomic E-state index is 11.0. The Morgan fingerprint density at radius 2 is 2.18 bits per heavy atom. The summed E-state index contributed by atoms with van der Waals surface area (Å²) >= 11 is 7.89. The lowest BCUT2D eigenvalue weighted by Crippen LogP contribution is -2.14. The van der Waals surface area contributed by atoms with E-state index in [2.05, 4.69) is 29.3 Å². The highest BCUT2D eigenvalue weighted by Gasteiger charge is 2.19. The summed E-state index contributed by atoms with van der Waals surface area (Å²) in [6.07, 6.45) is 4.29. The molecule has 0 aromatic carbocycles. The van der Waals surface area contributed by atoms with Gasteiger partial charge in [0.05, 0.1) is 0 Å².